The van der Waals surface area contributed by atoms with Gasteiger partial charge in [-0.2, -0.15) is 0 Å². The second kappa shape index (κ2) is 7.77. The van der Waals surface area contributed by atoms with Gasteiger partial charge in [0, 0.05) is 15.5 Å². The number of hydrogen-bond donors (Lipinski definition) is 0. The zero-order valence-corrected chi connectivity index (χ0v) is 13.7. The Bertz CT molecular complexity index is 575. The predicted molar refractivity (Wildman–Crippen MR) is 94.9 cm³/mol. The maximum Gasteiger partial charge on any atom is 0.0116 e. The standard InChI is InChI=1S/C19H20S2/c1-3-10-18(11-4-1)20-14-16-8-7-9-17(16)15-21-19-12-5-2-6-13-19/h1-6,10-14,17H,7-9,15H2/b16-14-. The average molecular weight is 313 g/mol. The molecule has 1 saturated carbocycles. The Labute approximate surface area is 136 Å². The summed E-state index contributed by atoms with van der Waals surface area (Å²) in [4.78, 5) is 2.73. The summed E-state index contributed by atoms with van der Waals surface area (Å²) in [6.45, 7) is 0. The quantitative estimate of drug-likeness (QED) is 0.598. The number of rotatable bonds is 5. The summed E-state index contributed by atoms with van der Waals surface area (Å²) in [7, 11) is 0. The molecule has 0 heterocycles. The summed E-state index contributed by atoms with van der Waals surface area (Å²) in [6, 6.07) is 21.4. The third-order valence-electron chi connectivity index (χ3n) is 3.83. The Morgan fingerprint density at radius 3 is 2.29 bits per heavy atom. The SMILES string of the molecule is C(/Sc1ccccc1)=C1\CCCC1CSc1ccccc1. The molecule has 1 fully saturated rings. The first-order valence-corrected chi connectivity index (χ1v) is 9.37. The summed E-state index contributed by atoms with van der Waals surface area (Å²) < 4.78 is 0. The number of benzene rings is 2. The maximum absolute atomic E-state index is 2.40. The van der Waals surface area contributed by atoms with E-state index in [1.54, 1.807) is 5.57 Å². The van der Waals surface area contributed by atoms with Crippen LogP contribution in [0.3, 0.4) is 0 Å². The minimum absolute atomic E-state index is 0.756. The third kappa shape index (κ3) is 4.42. The van der Waals surface area contributed by atoms with E-state index >= 15 is 0 Å². The van der Waals surface area contributed by atoms with Gasteiger partial charge in [-0.15, -0.1) is 11.8 Å². The third-order valence-corrected chi connectivity index (χ3v) is 5.97. The van der Waals surface area contributed by atoms with Crippen molar-refractivity contribution in [3.63, 3.8) is 0 Å². The molecule has 0 nitrogen and oxygen atoms in total. The largest absolute Gasteiger partial charge is 0.126 e. The molecule has 0 saturated heterocycles. The van der Waals surface area contributed by atoms with Crippen molar-refractivity contribution in [2.45, 2.75) is 29.1 Å². The number of thioether (sulfide) groups is 2. The molecule has 0 N–H and O–H groups in total. The number of allylic oxidation sites excluding steroid dienone is 1. The first-order valence-electron chi connectivity index (χ1n) is 7.50. The van der Waals surface area contributed by atoms with E-state index in [4.69, 9.17) is 0 Å². The van der Waals surface area contributed by atoms with Crippen LogP contribution >= 0.6 is 23.5 Å². The zero-order chi connectivity index (χ0) is 14.3. The second-order valence-electron chi connectivity index (χ2n) is 5.34. The van der Waals surface area contributed by atoms with E-state index in [0.717, 1.165) is 5.92 Å². The van der Waals surface area contributed by atoms with Crippen molar-refractivity contribution < 1.29 is 0 Å². The van der Waals surface area contributed by atoms with E-state index < -0.39 is 0 Å². The fraction of sp³-hybridized carbons (Fsp3) is 0.263. The van der Waals surface area contributed by atoms with Crippen molar-refractivity contribution in [1.82, 2.24) is 0 Å². The monoisotopic (exact) mass is 312 g/mol. The molecule has 0 aliphatic heterocycles. The molecule has 1 aliphatic carbocycles. The highest BCUT2D eigenvalue weighted by atomic mass is 32.2. The summed E-state index contributed by atoms with van der Waals surface area (Å²) >= 11 is 3.86. The lowest BCUT2D eigenvalue weighted by Crippen LogP contribution is -1.99. The number of hydrogen-bond acceptors (Lipinski definition) is 2. The lowest BCUT2D eigenvalue weighted by molar-refractivity contribution is 0.707. The Hall–Kier alpha value is -1.12. The summed E-state index contributed by atoms with van der Waals surface area (Å²) in [5, 5.41) is 2.40. The molecule has 3 rings (SSSR count). The highest BCUT2D eigenvalue weighted by Crippen LogP contribution is 2.37. The molecule has 2 aromatic carbocycles. The Morgan fingerprint density at radius 2 is 1.57 bits per heavy atom. The zero-order valence-electron chi connectivity index (χ0n) is 12.1. The van der Waals surface area contributed by atoms with Crippen LogP contribution in [-0.2, 0) is 0 Å². The topological polar surface area (TPSA) is 0 Å². The van der Waals surface area contributed by atoms with E-state index in [0.29, 0.717) is 0 Å². The minimum Gasteiger partial charge on any atom is -0.126 e. The van der Waals surface area contributed by atoms with Crippen LogP contribution in [0.5, 0.6) is 0 Å². The van der Waals surface area contributed by atoms with Crippen molar-refractivity contribution in [2.24, 2.45) is 5.92 Å². The molecule has 0 radical (unpaired) electrons. The van der Waals surface area contributed by atoms with Gasteiger partial charge < -0.3 is 0 Å². The highest BCUT2D eigenvalue weighted by Gasteiger charge is 2.20. The van der Waals surface area contributed by atoms with Crippen molar-refractivity contribution in [2.75, 3.05) is 5.75 Å². The minimum atomic E-state index is 0.756. The van der Waals surface area contributed by atoms with Gasteiger partial charge in [-0.1, -0.05) is 53.7 Å². The molecule has 0 bridgehead atoms. The normalized spacial score (nSPS) is 20.0. The van der Waals surface area contributed by atoms with Crippen LogP contribution in [0.1, 0.15) is 19.3 Å². The lowest BCUT2D eigenvalue weighted by Gasteiger charge is -2.11. The van der Waals surface area contributed by atoms with Gasteiger partial charge in [-0.25, -0.2) is 0 Å². The van der Waals surface area contributed by atoms with Crippen LogP contribution in [0.15, 0.2) is 81.4 Å². The molecule has 108 valence electrons. The van der Waals surface area contributed by atoms with Crippen LogP contribution in [0.2, 0.25) is 0 Å². The molecule has 0 aromatic heterocycles. The molecule has 1 atom stereocenters. The molecular weight excluding hydrogens is 292 g/mol. The van der Waals surface area contributed by atoms with Crippen molar-refractivity contribution in [3.8, 4) is 0 Å². The Morgan fingerprint density at radius 1 is 0.905 bits per heavy atom. The van der Waals surface area contributed by atoms with E-state index in [9.17, 15) is 0 Å². The smallest absolute Gasteiger partial charge is 0.0116 e. The average Bonchev–Trinajstić information content (AvgIpc) is 3.00. The van der Waals surface area contributed by atoms with Crippen LogP contribution < -0.4 is 0 Å². The van der Waals surface area contributed by atoms with Crippen LogP contribution in [0.4, 0.5) is 0 Å². The van der Waals surface area contributed by atoms with Crippen LogP contribution in [0, 0.1) is 5.92 Å². The van der Waals surface area contributed by atoms with Gasteiger partial charge in [0.2, 0.25) is 0 Å². The summed E-state index contributed by atoms with van der Waals surface area (Å²) in [5.74, 6) is 1.97. The van der Waals surface area contributed by atoms with Gasteiger partial charge in [0.25, 0.3) is 0 Å². The predicted octanol–water partition coefficient (Wildman–Crippen LogP) is 6.26. The van der Waals surface area contributed by atoms with E-state index in [-0.39, 0.29) is 0 Å². The molecule has 1 aliphatic rings. The molecule has 0 amide bonds. The molecule has 21 heavy (non-hydrogen) atoms. The Balaban J connectivity index is 1.57. The van der Waals surface area contributed by atoms with E-state index in [1.165, 1.54) is 34.8 Å². The van der Waals surface area contributed by atoms with Crippen molar-refractivity contribution >= 4 is 23.5 Å². The van der Waals surface area contributed by atoms with Crippen molar-refractivity contribution in [1.29, 1.82) is 0 Å². The van der Waals surface area contributed by atoms with Gasteiger partial charge in [0.1, 0.15) is 0 Å². The molecule has 2 heteroatoms. The van der Waals surface area contributed by atoms with E-state index in [1.807, 2.05) is 23.5 Å². The molecule has 0 spiro atoms. The fourth-order valence-electron chi connectivity index (χ4n) is 2.64. The van der Waals surface area contributed by atoms with Gasteiger partial charge in [-0.3, -0.25) is 0 Å². The van der Waals surface area contributed by atoms with Gasteiger partial charge in [0.05, 0.1) is 0 Å². The van der Waals surface area contributed by atoms with Crippen LogP contribution in [0.25, 0.3) is 0 Å². The molecular formula is C19H20S2. The Kier molecular flexibility index (Phi) is 5.47. The van der Waals surface area contributed by atoms with Crippen molar-refractivity contribution in [3.05, 3.63) is 71.6 Å². The molecule has 2 aromatic rings. The highest BCUT2D eigenvalue weighted by molar-refractivity contribution is 8.02. The maximum atomic E-state index is 2.40. The summed E-state index contributed by atoms with van der Waals surface area (Å²) in [6.07, 6.45) is 3.97. The lowest BCUT2D eigenvalue weighted by atomic mass is 10.1. The van der Waals surface area contributed by atoms with Gasteiger partial charge in [-0.05, 0) is 54.9 Å². The van der Waals surface area contributed by atoms with Crippen LogP contribution in [-0.4, -0.2) is 5.75 Å². The van der Waals surface area contributed by atoms with Gasteiger partial charge in [0.15, 0.2) is 0 Å². The van der Waals surface area contributed by atoms with E-state index in [2.05, 4.69) is 66.1 Å². The fourth-order valence-corrected chi connectivity index (χ4v) is 4.68. The molecule has 1 unspecified atom stereocenters. The summed E-state index contributed by atoms with van der Waals surface area (Å²) in [5.41, 5.74) is 1.65. The second-order valence-corrected chi connectivity index (χ2v) is 7.37. The van der Waals surface area contributed by atoms with Gasteiger partial charge >= 0.3 is 0 Å². The first kappa shape index (κ1) is 14.8. The first-order chi connectivity index (χ1) is 10.4.